The molecule has 0 unspecified atom stereocenters. The second-order valence-corrected chi connectivity index (χ2v) is 7.05. The molecule has 0 bridgehead atoms. The van der Waals surface area contributed by atoms with Crippen molar-refractivity contribution in [3.8, 4) is 5.75 Å². The first-order valence-corrected chi connectivity index (χ1v) is 9.72. The number of amides is 2. The SMILES string of the molecule is COc1ccc(CNC(=O)CN2CCCN(C(=O)c3ccc(F)cc3)CC2)cc1. The summed E-state index contributed by atoms with van der Waals surface area (Å²) in [7, 11) is 1.62. The van der Waals surface area contributed by atoms with Gasteiger partial charge >= 0.3 is 0 Å². The molecule has 0 spiro atoms. The Balaban J connectivity index is 1.45. The van der Waals surface area contributed by atoms with Gasteiger partial charge in [0.05, 0.1) is 13.7 Å². The Labute approximate surface area is 170 Å². The Bertz CT molecular complexity index is 824. The zero-order valence-electron chi connectivity index (χ0n) is 16.6. The van der Waals surface area contributed by atoms with Crippen molar-refractivity contribution in [3.05, 3.63) is 65.5 Å². The van der Waals surface area contributed by atoms with Gasteiger partial charge in [-0.2, -0.15) is 0 Å². The maximum atomic E-state index is 13.1. The van der Waals surface area contributed by atoms with E-state index in [1.165, 1.54) is 24.3 Å². The molecule has 0 radical (unpaired) electrons. The van der Waals surface area contributed by atoms with Crippen LogP contribution in [0.15, 0.2) is 48.5 Å². The standard InChI is InChI=1S/C22H26FN3O3/c1-29-20-9-3-17(4-10-20)15-24-21(27)16-25-11-2-12-26(14-13-25)22(28)18-5-7-19(23)8-6-18/h3-10H,2,11-16H2,1H3,(H,24,27). The molecule has 29 heavy (non-hydrogen) atoms. The van der Waals surface area contributed by atoms with E-state index in [0.29, 0.717) is 38.3 Å². The maximum Gasteiger partial charge on any atom is 0.253 e. The zero-order valence-corrected chi connectivity index (χ0v) is 16.6. The van der Waals surface area contributed by atoms with Crippen molar-refractivity contribution in [1.29, 1.82) is 0 Å². The summed E-state index contributed by atoms with van der Waals surface area (Å²) in [6.45, 7) is 3.31. The summed E-state index contributed by atoms with van der Waals surface area (Å²) in [6.07, 6.45) is 0.790. The second kappa shape index (κ2) is 10.0. The van der Waals surface area contributed by atoms with Gasteiger partial charge in [-0.1, -0.05) is 12.1 Å². The monoisotopic (exact) mass is 399 g/mol. The molecule has 0 atom stereocenters. The topological polar surface area (TPSA) is 61.9 Å². The first-order valence-electron chi connectivity index (χ1n) is 9.72. The highest BCUT2D eigenvalue weighted by Gasteiger charge is 2.21. The van der Waals surface area contributed by atoms with Crippen molar-refractivity contribution in [2.24, 2.45) is 0 Å². The molecular weight excluding hydrogens is 373 g/mol. The highest BCUT2D eigenvalue weighted by atomic mass is 19.1. The Hall–Kier alpha value is -2.93. The molecule has 1 heterocycles. The molecule has 2 amide bonds. The van der Waals surface area contributed by atoms with Gasteiger partial charge in [0.15, 0.2) is 0 Å². The number of ether oxygens (including phenoxy) is 1. The Kier molecular flexibility index (Phi) is 7.19. The molecule has 6 nitrogen and oxygen atoms in total. The largest absolute Gasteiger partial charge is 0.497 e. The highest BCUT2D eigenvalue weighted by molar-refractivity contribution is 5.94. The minimum absolute atomic E-state index is 0.0425. The van der Waals surface area contributed by atoms with Gasteiger partial charge in [-0.3, -0.25) is 14.5 Å². The van der Waals surface area contributed by atoms with Gasteiger partial charge in [0.1, 0.15) is 11.6 Å². The zero-order chi connectivity index (χ0) is 20.6. The quantitative estimate of drug-likeness (QED) is 0.810. The molecule has 1 saturated heterocycles. The summed E-state index contributed by atoms with van der Waals surface area (Å²) in [5, 5.41) is 2.93. The Morgan fingerprint density at radius 3 is 2.41 bits per heavy atom. The van der Waals surface area contributed by atoms with Gasteiger partial charge < -0.3 is 15.0 Å². The number of carbonyl (C=O) groups is 2. The number of methoxy groups -OCH3 is 1. The number of nitrogens with one attached hydrogen (secondary N) is 1. The van der Waals surface area contributed by atoms with Crippen LogP contribution in [0.1, 0.15) is 22.3 Å². The number of hydrogen-bond acceptors (Lipinski definition) is 4. The first-order chi connectivity index (χ1) is 14.0. The van der Waals surface area contributed by atoms with Crippen molar-refractivity contribution >= 4 is 11.8 Å². The number of nitrogens with zero attached hydrogens (tertiary/aromatic N) is 2. The molecule has 2 aromatic rings. The van der Waals surface area contributed by atoms with E-state index in [1.54, 1.807) is 12.0 Å². The number of benzene rings is 2. The van der Waals surface area contributed by atoms with Gasteiger partial charge in [0, 0.05) is 38.3 Å². The Morgan fingerprint density at radius 2 is 1.72 bits per heavy atom. The lowest BCUT2D eigenvalue weighted by molar-refractivity contribution is -0.122. The third-order valence-electron chi connectivity index (χ3n) is 4.98. The summed E-state index contributed by atoms with van der Waals surface area (Å²) in [5.74, 6) is 0.281. The van der Waals surface area contributed by atoms with Crippen LogP contribution in [-0.2, 0) is 11.3 Å². The molecule has 0 saturated carbocycles. The van der Waals surface area contributed by atoms with Crippen LogP contribution in [0.3, 0.4) is 0 Å². The first kappa shape index (κ1) is 20.8. The Morgan fingerprint density at radius 1 is 1.00 bits per heavy atom. The number of hydrogen-bond donors (Lipinski definition) is 1. The molecule has 0 aliphatic carbocycles. The van der Waals surface area contributed by atoms with Crippen molar-refractivity contribution < 1.29 is 18.7 Å². The molecule has 154 valence electrons. The molecule has 3 rings (SSSR count). The van der Waals surface area contributed by atoms with Crippen molar-refractivity contribution in [2.75, 3.05) is 39.8 Å². The van der Waals surface area contributed by atoms with Crippen LogP contribution in [0.4, 0.5) is 4.39 Å². The second-order valence-electron chi connectivity index (χ2n) is 7.05. The molecule has 7 heteroatoms. The highest BCUT2D eigenvalue weighted by Crippen LogP contribution is 2.12. The van der Waals surface area contributed by atoms with Crippen LogP contribution in [0, 0.1) is 5.82 Å². The molecule has 0 aromatic heterocycles. The van der Waals surface area contributed by atoms with Crippen LogP contribution in [0.25, 0.3) is 0 Å². The van der Waals surface area contributed by atoms with Gasteiger partial charge in [-0.25, -0.2) is 4.39 Å². The van der Waals surface area contributed by atoms with E-state index >= 15 is 0 Å². The number of halogens is 1. The fourth-order valence-electron chi connectivity index (χ4n) is 3.31. The number of carbonyl (C=O) groups excluding carboxylic acids is 2. The maximum absolute atomic E-state index is 13.1. The van der Waals surface area contributed by atoms with E-state index in [-0.39, 0.29) is 17.6 Å². The molecule has 1 fully saturated rings. The fraction of sp³-hybridized carbons (Fsp3) is 0.364. The van der Waals surface area contributed by atoms with Crippen molar-refractivity contribution in [3.63, 3.8) is 0 Å². The van der Waals surface area contributed by atoms with E-state index in [2.05, 4.69) is 10.2 Å². The lowest BCUT2D eigenvalue weighted by Gasteiger charge is -2.22. The van der Waals surface area contributed by atoms with Gasteiger partial charge in [-0.05, 0) is 48.4 Å². The number of rotatable bonds is 6. The lowest BCUT2D eigenvalue weighted by Crippen LogP contribution is -2.39. The molecule has 1 aliphatic rings. The minimum atomic E-state index is -0.357. The summed E-state index contributed by atoms with van der Waals surface area (Å²) in [4.78, 5) is 28.7. The molecule has 2 aromatic carbocycles. The lowest BCUT2D eigenvalue weighted by atomic mass is 10.2. The predicted octanol–water partition coefficient (Wildman–Crippen LogP) is 2.30. The molecule has 1 N–H and O–H groups in total. The van der Waals surface area contributed by atoms with Crippen LogP contribution in [0.5, 0.6) is 5.75 Å². The van der Waals surface area contributed by atoms with Gasteiger partial charge in [-0.15, -0.1) is 0 Å². The molecular formula is C22H26FN3O3. The normalized spacial score (nSPS) is 14.9. The van der Waals surface area contributed by atoms with Crippen molar-refractivity contribution in [2.45, 2.75) is 13.0 Å². The minimum Gasteiger partial charge on any atom is -0.497 e. The summed E-state index contributed by atoms with van der Waals surface area (Å²) >= 11 is 0. The van der Waals surface area contributed by atoms with E-state index in [9.17, 15) is 14.0 Å². The third kappa shape index (κ3) is 6.02. The van der Waals surface area contributed by atoms with E-state index in [1.807, 2.05) is 24.3 Å². The van der Waals surface area contributed by atoms with Crippen LogP contribution < -0.4 is 10.1 Å². The average molecular weight is 399 g/mol. The van der Waals surface area contributed by atoms with E-state index in [4.69, 9.17) is 4.74 Å². The smallest absolute Gasteiger partial charge is 0.253 e. The fourth-order valence-corrected chi connectivity index (χ4v) is 3.31. The van der Waals surface area contributed by atoms with E-state index in [0.717, 1.165) is 24.3 Å². The van der Waals surface area contributed by atoms with Crippen LogP contribution >= 0.6 is 0 Å². The van der Waals surface area contributed by atoms with Crippen LogP contribution in [-0.4, -0.2) is 61.4 Å². The van der Waals surface area contributed by atoms with Crippen LogP contribution in [0.2, 0.25) is 0 Å². The third-order valence-corrected chi connectivity index (χ3v) is 4.98. The van der Waals surface area contributed by atoms with Gasteiger partial charge in [0.2, 0.25) is 5.91 Å². The van der Waals surface area contributed by atoms with Gasteiger partial charge in [0.25, 0.3) is 5.91 Å². The van der Waals surface area contributed by atoms with Crippen molar-refractivity contribution in [1.82, 2.24) is 15.1 Å². The predicted molar refractivity (Wildman–Crippen MR) is 108 cm³/mol. The molecule has 1 aliphatic heterocycles. The summed E-state index contributed by atoms with van der Waals surface area (Å²) in [6, 6.07) is 13.2. The average Bonchev–Trinajstić information content (AvgIpc) is 2.98. The summed E-state index contributed by atoms with van der Waals surface area (Å²) < 4.78 is 18.2. The van der Waals surface area contributed by atoms with E-state index < -0.39 is 0 Å². The summed E-state index contributed by atoms with van der Waals surface area (Å²) in [5.41, 5.74) is 1.49.